The van der Waals surface area contributed by atoms with E-state index in [-0.39, 0.29) is 5.97 Å². The van der Waals surface area contributed by atoms with Gasteiger partial charge in [0.25, 0.3) is 0 Å². The number of hydrogen-bond donors (Lipinski definition) is 0. The maximum atomic E-state index is 12.0. The molecule has 0 atom stereocenters. The number of ether oxygens (including phenoxy) is 1. The molecule has 0 heterocycles. The van der Waals surface area contributed by atoms with E-state index in [2.05, 4.69) is 25.8 Å². The van der Waals surface area contributed by atoms with Crippen LogP contribution in [0.5, 0.6) is 0 Å². The fourth-order valence-corrected chi connectivity index (χ4v) is 2.55. The van der Waals surface area contributed by atoms with Crippen LogP contribution in [0.2, 0.25) is 0 Å². The first-order chi connectivity index (χ1) is 8.41. The quantitative estimate of drug-likeness (QED) is 0.566. The van der Waals surface area contributed by atoms with E-state index in [1.54, 1.807) is 0 Å². The summed E-state index contributed by atoms with van der Waals surface area (Å²) in [5, 5.41) is 0. The Bertz CT molecular complexity index is 378. The molecule has 0 aromatic carbocycles. The summed E-state index contributed by atoms with van der Waals surface area (Å²) < 4.78 is 5.11. The summed E-state index contributed by atoms with van der Waals surface area (Å²) in [7, 11) is 0. The first kappa shape index (κ1) is 14.9. The van der Waals surface area contributed by atoms with Gasteiger partial charge in [0.1, 0.15) is 5.71 Å². The van der Waals surface area contributed by atoms with Crippen LogP contribution in [0.1, 0.15) is 53.9 Å². The van der Waals surface area contributed by atoms with E-state index in [0.717, 1.165) is 24.8 Å². The van der Waals surface area contributed by atoms with Crippen molar-refractivity contribution in [1.82, 2.24) is 0 Å². The van der Waals surface area contributed by atoms with Gasteiger partial charge in [0.2, 0.25) is 0 Å². The Balaban J connectivity index is 3.01. The van der Waals surface area contributed by atoms with E-state index in [1.165, 1.54) is 5.57 Å². The van der Waals surface area contributed by atoms with Gasteiger partial charge in [-0.15, -0.1) is 0 Å². The summed E-state index contributed by atoms with van der Waals surface area (Å²) in [5.74, 6) is -0.270. The first-order valence-electron chi connectivity index (χ1n) is 6.82. The molecule has 0 saturated carbocycles. The Morgan fingerprint density at radius 2 is 2.06 bits per heavy atom. The molecule has 0 aromatic heterocycles. The predicted molar refractivity (Wildman–Crippen MR) is 74.9 cm³/mol. The molecular formula is C15H25NO2. The van der Waals surface area contributed by atoms with Gasteiger partial charge >= 0.3 is 5.97 Å². The molecule has 1 aliphatic carbocycles. The minimum absolute atomic E-state index is 0.270. The zero-order chi connectivity index (χ0) is 13.8. The van der Waals surface area contributed by atoms with Crippen LogP contribution in [0.4, 0.5) is 0 Å². The Labute approximate surface area is 110 Å². The number of esters is 1. The van der Waals surface area contributed by atoms with E-state index < -0.39 is 0 Å². The van der Waals surface area contributed by atoms with Crippen molar-refractivity contribution in [2.45, 2.75) is 53.9 Å². The smallest absolute Gasteiger partial charge is 0.356 e. The topological polar surface area (TPSA) is 38.7 Å². The Morgan fingerprint density at radius 1 is 1.39 bits per heavy atom. The highest BCUT2D eigenvalue weighted by Gasteiger charge is 2.29. The van der Waals surface area contributed by atoms with Gasteiger partial charge in [-0.05, 0) is 51.0 Å². The number of carbonyl (C=O) groups is 1. The normalized spacial score (nSPS) is 19.9. The Kier molecular flexibility index (Phi) is 5.12. The number of allylic oxidation sites excluding steroid dienone is 1. The van der Waals surface area contributed by atoms with Crippen LogP contribution in [0, 0.1) is 5.41 Å². The van der Waals surface area contributed by atoms with E-state index in [4.69, 9.17) is 4.74 Å². The lowest BCUT2D eigenvalue weighted by Gasteiger charge is -2.32. The fraction of sp³-hybridized carbons (Fsp3) is 0.733. The predicted octanol–water partition coefficient (Wildman–Crippen LogP) is 3.54. The molecule has 0 saturated heterocycles. The van der Waals surface area contributed by atoms with E-state index in [9.17, 15) is 4.79 Å². The van der Waals surface area contributed by atoms with Crippen molar-refractivity contribution in [3.8, 4) is 0 Å². The number of hydrogen-bond acceptors (Lipinski definition) is 3. The summed E-state index contributed by atoms with van der Waals surface area (Å²) >= 11 is 0. The minimum Gasteiger partial charge on any atom is -0.461 e. The number of nitrogens with zero attached hydrogens (tertiary/aromatic N) is 1. The maximum Gasteiger partial charge on any atom is 0.356 e. The second-order valence-corrected chi connectivity index (χ2v) is 5.64. The molecule has 3 heteroatoms. The summed E-state index contributed by atoms with van der Waals surface area (Å²) in [6.07, 6.45) is 3.06. The molecular weight excluding hydrogens is 226 g/mol. The first-order valence-corrected chi connectivity index (χ1v) is 6.82. The molecule has 0 radical (unpaired) electrons. The van der Waals surface area contributed by atoms with Crippen LogP contribution in [-0.2, 0) is 9.53 Å². The van der Waals surface area contributed by atoms with Gasteiger partial charge in [0.05, 0.1) is 6.61 Å². The monoisotopic (exact) mass is 251 g/mol. The number of rotatable bonds is 4. The van der Waals surface area contributed by atoms with Gasteiger partial charge in [-0.25, -0.2) is 4.79 Å². The molecule has 0 spiro atoms. The average Bonchev–Trinajstić information content (AvgIpc) is 2.26. The van der Waals surface area contributed by atoms with Gasteiger partial charge < -0.3 is 4.74 Å². The molecule has 18 heavy (non-hydrogen) atoms. The molecule has 0 aliphatic heterocycles. The van der Waals surface area contributed by atoms with Crippen molar-refractivity contribution in [2.24, 2.45) is 10.4 Å². The van der Waals surface area contributed by atoms with Gasteiger partial charge in [-0.3, -0.25) is 4.99 Å². The van der Waals surface area contributed by atoms with Crippen LogP contribution in [0.15, 0.2) is 16.1 Å². The third-order valence-corrected chi connectivity index (χ3v) is 3.38. The largest absolute Gasteiger partial charge is 0.461 e. The van der Waals surface area contributed by atoms with Gasteiger partial charge in [0, 0.05) is 6.54 Å². The molecule has 3 nitrogen and oxygen atoms in total. The Hall–Kier alpha value is -1.12. The van der Waals surface area contributed by atoms with Crippen molar-refractivity contribution >= 4 is 11.7 Å². The standard InChI is InChI=1S/C15H25NO2/c1-6-16-13(14(17)18-7-2)12-8-9-15(4,5)10-11(12)3/h6-10H2,1-5H3/b16-13+. The second-order valence-electron chi connectivity index (χ2n) is 5.64. The maximum absolute atomic E-state index is 12.0. The van der Waals surface area contributed by atoms with Crippen molar-refractivity contribution in [1.29, 1.82) is 0 Å². The van der Waals surface area contributed by atoms with E-state index in [1.807, 2.05) is 13.8 Å². The fourth-order valence-electron chi connectivity index (χ4n) is 2.55. The van der Waals surface area contributed by atoms with Crippen LogP contribution in [0.25, 0.3) is 0 Å². The lowest BCUT2D eigenvalue weighted by atomic mass is 9.74. The van der Waals surface area contributed by atoms with Gasteiger partial charge in [-0.2, -0.15) is 0 Å². The summed E-state index contributed by atoms with van der Waals surface area (Å²) in [4.78, 5) is 16.3. The lowest BCUT2D eigenvalue weighted by molar-refractivity contribution is -0.135. The number of carbonyl (C=O) groups excluding carboxylic acids is 1. The van der Waals surface area contributed by atoms with Crippen molar-refractivity contribution in [3.05, 3.63) is 11.1 Å². The minimum atomic E-state index is -0.270. The molecule has 1 aliphatic rings. The summed E-state index contributed by atoms with van der Waals surface area (Å²) in [5.41, 5.74) is 3.27. The van der Waals surface area contributed by atoms with Gasteiger partial charge in [0.15, 0.2) is 0 Å². The SMILES string of the molecule is CC/N=C(/C(=O)OCC)C1=C(C)CC(C)(C)CC1. The molecule has 102 valence electrons. The third kappa shape index (κ3) is 3.69. The van der Waals surface area contributed by atoms with Crippen molar-refractivity contribution in [2.75, 3.05) is 13.2 Å². The van der Waals surface area contributed by atoms with Crippen molar-refractivity contribution in [3.63, 3.8) is 0 Å². The third-order valence-electron chi connectivity index (χ3n) is 3.38. The zero-order valence-electron chi connectivity index (χ0n) is 12.3. The lowest BCUT2D eigenvalue weighted by Crippen LogP contribution is -2.26. The molecule has 1 rings (SSSR count). The van der Waals surface area contributed by atoms with Crippen LogP contribution < -0.4 is 0 Å². The highest BCUT2D eigenvalue weighted by atomic mass is 16.5. The molecule has 0 N–H and O–H groups in total. The van der Waals surface area contributed by atoms with E-state index in [0.29, 0.717) is 24.3 Å². The highest BCUT2D eigenvalue weighted by molar-refractivity contribution is 6.43. The second kappa shape index (κ2) is 6.17. The Morgan fingerprint density at radius 3 is 2.56 bits per heavy atom. The van der Waals surface area contributed by atoms with Crippen molar-refractivity contribution < 1.29 is 9.53 Å². The van der Waals surface area contributed by atoms with Gasteiger partial charge in [-0.1, -0.05) is 19.4 Å². The summed E-state index contributed by atoms with van der Waals surface area (Å²) in [6.45, 7) is 11.4. The van der Waals surface area contributed by atoms with E-state index >= 15 is 0 Å². The molecule has 0 bridgehead atoms. The average molecular weight is 251 g/mol. The van der Waals surface area contributed by atoms with Crippen LogP contribution in [0.3, 0.4) is 0 Å². The molecule has 0 fully saturated rings. The molecule has 0 aromatic rings. The van der Waals surface area contributed by atoms with Crippen LogP contribution >= 0.6 is 0 Å². The highest BCUT2D eigenvalue weighted by Crippen LogP contribution is 2.38. The molecule has 0 unspecified atom stereocenters. The van der Waals surface area contributed by atoms with Crippen LogP contribution in [-0.4, -0.2) is 24.8 Å². The zero-order valence-corrected chi connectivity index (χ0v) is 12.3. The molecule has 0 amide bonds. The number of aliphatic imine (C=N–C) groups is 1. The summed E-state index contributed by atoms with van der Waals surface area (Å²) in [6, 6.07) is 0.